The van der Waals surface area contributed by atoms with Crippen LogP contribution in [0.1, 0.15) is 15.9 Å². The minimum atomic E-state index is -0.108. The number of rotatable bonds is 4. The van der Waals surface area contributed by atoms with Crippen molar-refractivity contribution in [1.82, 2.24) is 5.32 Å². The summed E-state index contributed by atoms with van der Waals surface area (Å²) in [6.07, 6.45) is 0. The maximum absolute atomic E-state index is 11.9. The van der Waals surface area contributed by atoms with E-state index in [1.807, 2.05) is 24.3 Å². The Balaban J connectivity index is 1.97. The molecule has 98 valence electrons. The summed E-state index contributed by atoms with van der Waals surface area (Å²) in [5.74, 6) is 5.16. The molecule has 0 unspecified atom stereocenters. The van der Waals surface area contributed by atoms with Crippen molar-refractivity contribution in [1.29, 1.82) is 0 Å². The van der Waals surface area contributed by atoms with E-state index in [2.05, 4.69) is 26.7 Å². The van der Waals surface area contributed by atoms with Crippen LogP contribution in [0.25, 0.3) is 0 Å². The SMILES string of the molecule is NNc1ccc(C(=O)NCc2cccc(Br)c2)cc1. The fourth-order valence-electron chi connectivity index (χ4n) is 1.65. The quantitative estimate of drug-likeness (QED) is 0.599. The Morgan fingerprint density at radius 2 is 1.89 bits per heavy atom. The molecule has 0 atom stereocenters. The number of halogens is 1. The minimum Gasteiger partial charge on any atom is -0.348 e. The zero-order valence-corrected chi connectivity index (χ0v) is 11.8. The Morgan fingerprint density at radius 1 is 1.16 bits per heavy atom. The summed E-state index contributed by atoms with van der Waals surface area (Å²) in [5, 5.41) is 2.87. The van der Waals surface area contributed by atoms with Gasteiger partial charge in [0.05, 0.1) is 0 Å². The molecule has 0 radical (unpaired) electrons. The molecular weight excluding hydrogens is 306 g/mol. The van der Waals surface area contributed by atoms with Gasteiger partial charge in [-0.1, -0.05) is 28.1 Å². The van der Waals surface area contributed by atoms with E-state index in [0.717, 1.165) is 15.7 Å². The molecule has 4 nitrogen and oxygen atoms in total. The molecule has 1 amide bonds. The zero-order valence-electron chi connectivity index (χ0n) is 10.2. The van der Waals surface area contributed by atoms with Crippen molar-refractivity contribution in [2.75, 3.05) is 5.43 Å². The number of hydrazine groups is 1. The van der Waals surface area contributed by atoms with Crippen LogP contribution in [0.3, 0.4) is 0 Å². The number of hydrogen-bond donors (Lipinski definition) is 3. The first-order chi connectivity index (χ1) is 9.19. The third kappa shape index (κ3) is 3.81. The average molecular weight is 320 g/mol. The maximum atomic E-state index is 11.9. The van der Waals surface area contributed by atoms with Crippen LogP contribution < -0.4 is 16.6 Å². The highest BCUT2D eigenvalue weighted by molar-refractivity contribution is 9.10. The first-order valence-electron chi connectivity index (χ1n) is 5.78. The normalized spacial score (nSPS) is 10.0. The van der Waals surface area contributed by atoms with Gasteiger partial charge < -0.3 is 10.7 Å². The van der Waals surface area contributed by atoms with E-state index < -0.39 is 0 Å². The molecule has 0 aliphatic heterocycles. The van der Waals surface area contributed by atoms with E-state index >= 15 is 0 Å². The van der Waals surface area contributed by atoms with Crippen molar-refractivity contribution < 1.29 is 4.79 Å². The highest BCUT2D eigenvalue weighted by Crippen LogP contribution is 2.12. The highest BCUT2D eigenvalue weighted by Gasteiger charge is 2.05. The van der Waals surface area contributed by atoms with Gasteiger partial charge in [-0.15, -0.1) is 0 Å². The first kappa shape index (κ1) is 13.6. The van der Waals surface area contributed by atoms with E-state index in [1.54, 1.807) is 24.3 Å². The smallest absolute Gasteiger partial charge is 0.251 e. The largest absolute Gasteiger partial charge is 0.348 e. The van der Waals surface area contributed by atoms with Crippen LogP contribution in [0.15, 0.2) is 53.0 Å². The van der Waals surface area contributed by atoms with Gasteiger partial charge in [-0.2, -0.15) is 0 Å². The maximum Gasteiger partial charge on any atom is 0.251 e. The van der Waals surface area contributed by atoms with Crippen molar-refractivity contribution >= 4 is 27.5 Å². The molecule has 19 heavy (non-hydrogen) atoms. The van der Waals surface area contributed by atoms with E-state index in [9.17, 15) is 4.79 Å². The van der Waals surface area contributed by atoms with Gasteiger partial charge in [0, 0.05) is 22.3 Å². The molecule has 0 spiro atoms. The molecule has 2 aromatic rings. The summed E-state index contributed by atoms with van der Waals surface area (Å²) in [6.45, 7) is 0.495. The Bertz CT molecular complexity index is 569. The van der Waals surface area contributed by atoms with Crippen LogP contribution in [0.2, 0.25) is 0 Å². The Kier molecular flexibility index (Phi) is 4.54. The topological polar surface area (TPSA) is 67.1 Å². The highest BCUT2D eigenvalue weighted by atomic mass is 79.9. The number of anilines is 1. The second-order valence-corrected chi connectivity index (χ2v) is 4.95. The lowest BCUT2D eigenvalue weighted by atomic mass is 10.2. The standard InChI is InChI=1S/C14H14BrN3O/c15-12-3-1-2-10(8-12)9-17-14(19)11-4-6-13(18-16)7-5-11/h1-8,18H,9,16H2,(H,17,19). The number of hydrogen-bond acceptors (Lipinski definition) is 3. The number of nitrogen functional groups attached to an aromatic ring is 1. The molecule has 2 rings (SSSR count). The molecule has 4 N–H and O–H groups in total. The van der Waals surface area contributed by atoms with Crippen molar-refractivity contribution in [3.8, 4) is 0 Å². The predicted octanol–water partition coefficient (Wildman–Crippen LogP) is 2.66. The van der Waals surface area contributed by atoms with Crippen LogP contribution in [0.5, 0.6) is 0 Å². The van der Waals surface area contributed by atoms with Gasteiger partial charge in [0.2, 0.25) is 0 Å². The summed E-state index contributed by atoms with van der Waals surface area (Å²) in [7, 11) is 0. The fraction of sp³-hybridized carbons (Fsp3) is 0.0714. The predicted molar refractivity (Wildman–Crippen MR) is 79.6 cm³/mol. The number of nitrogens with one attached hydrogen (secondary N) is 2. The summed E-state index contributed by atoms with van der Waals surface area (Å²) in [4.78, 5) is 11.9. The molecule has 0 fully saturated rings. The van der Waals surface area contributed by atoms with Gasteiger partial charge in [0.15, 0.2) is 0 Å². The number of nitrogens with two attached hydrogens (primary N) is 1. The average Bonchev–Trinajstić information content (AvgIpc) is 2.45. The number of benzene rings is 2. The Labute approximate surface area is 120 Å². The second-order valence-electron chi connectivity index (χ2n) is 4.03. The van der Waals surface area contributed by atoms with Crippen LogP contribution in [-0.4, -0.2) is 5.91 Å². The van der Waals surface area contributed by atoms with Crippen LogP contribution in [0, 0.1) is 0 Å². The zero-order chi connectivity index (χ0) is 13.7. The first-order valence-corrected chi connectivity index (χ1v) is 6.57. The van der Waals surface area contributed by atoms with E-state index in [4.69, 9.17) is 5.84 Å². The lowest BCUT2D eigenvalue weighted by Gasteiger charge is -2.06. The lowest BCUT2D eigenvalue weighted by Crippen LogP contribution is -2.22. The second kappa shape index (κ2) is 6.36. The summed E-state index contributed by atoms with van der Waals surface area (Å²) in [5.41, 5.74) is 4.94. The Hall–Kier alpha value is -1.85. The summed E-state index contributed by atoms with van der Waals surface area (Å²) >= 11 is 3.40. The third-order valence-corrected chi connectivity index (χ3v) is 3.15. The molecule has 0 bridgehead atoms. The number of carbonyl (C=O) groups excluding carboxylic acids is 1. The van der Waals surface area contributed by atoms with Crippen molar-refractivity contribution in [3.63, 3.8) is 0 Å². The van der Waals surface area contributed by atoms with Crippen molar-refractivity contribution in [2.45, 2.75) is 6.54 Å². The van der Waals surface area contributed by atoms with Crippen molar-refractivity contribution in [2.24, 2.45) is 5.84 Å². The van der Waals surface area contributed by atoms with Crippen LogP contribution in [0.4, 0.5) is 5.69 Å². The van der Waals surface area contributed by atoms with Gasteiger partial charge in [-0.25, -0.2) is 0 Å². The molecule has 0 saturated heterocycles. The molecule has 2 aromatic carbocycles. The molecule has 0 aromatic heterocycles. The van der Waals surface area contributed by atoms with E-state index in [0.29, 0.717) is 12.1 Å². The summed E-state index contributed by atoms with van der Waals surface area (Å²) < 4.78 is 0.998. The molecule has 0 heterocycles. The molecule has 5 heteroatoms. The Morgan fingerprint density at radius 3 is 2.53 bits per heavy atom. The van der Waals surface area contributed by atoms with Crippen LogP contribution >= 0.6 is 15.9 Å². The molecule has 0 aliphatic rings. The number of carbonyl (C=O) groups is 1. The summed E-state index contributed by atoms with van der Waals surface area (Å²) in [6, 6.07) is 14.8. The minimum absolute atomic E-state index is 0.108. The third-order valence-electron chi connectivity index (χ3n) is 2.66. The van der Waals surface area contributed by atoms with Crippen molar-refractivity contribution in [3.05, 3.63) is 64.1 Å². The van der Waals surface area contributed by atoms with Gasteiger partial charge >= 0.3 is 0 Å². The number of amides is 1. The molecule has 0 aliphatic carbocycles. The molecule has 0 saturated carbocycles. The monoisotopic (exact) mass is 319 g/mol. The lowest BCUT2D eigenvalue weighted by molar-refractivity contribution is 0.0951. The van der Waals surface area contributed by atoms with Gasteiger partial charge in [0.1, 0.15) is 0 Å². The van der Waals surface area contributed by atoms with Gasteiger partial charge in [-0.05, 0) is 42.0 Å². The van der Waals surface area contributed by atoms with E-state index in [-0.39, 0.29) is 5.91 Å². The fourth-order valence-corrected chi connectivity index (χ4v) is 2.10. The van der Waals surface area contributed by atoms with Crippen LogP contribution in [-0.2, 0) is 6.54 Å². The van der Waals surface area contributed by atoms with E-state index in [1.165, 1.54) is 0 Å². The van der Waals surface area contributed by atoms with Gasteiger partial charge in [-0.3, -0.25) is 10.6 Å². The van der Waals surface area contributed by atoms with Gasteiger partial charge in [0.25, 0.3) is 5.91 Å². The molecular formula is C14H14BrN3O.